The van der Waals surface area contributed by atoms with Gasteiger partial charge in [-0.1, -0.05) is 0 Å². The van der Waals surface area contributed by atoms with Crippen LogP contribution in [0.1, 0.15) is 113 Å². The van der Waals surface area contributed by atoms with E-state index in [0.717, 1.165) is 135 Å². The van der Waals surface area contributed by atoms with Gasteiger partial charge in [-0.25, -0.2) is 0 Å². The fraction of sp³-hybridized carbons (Fsp3) is 0.163. The minimum atomic E-state index is -8.71. The number of fused-ring (bicyclic) bond motifs is 12. The molecular formula is C86H72Cl2HfO4Si2. The SMILES string of the molecule is Cc1ccc(-c2cccc3c2C=C(c2ccc(C)o2)[C]32[SiH](C)[C]3(C(c4ccc(C)o4)=Cc4c(-c5ccc(C)cc5)cccc43)[Hf]23([Cl])([Cl])[C]2(C(c4ccc(C)o4)=Cc4c(-c5ccc(C)cc5)cccc42)[SiH](C)[C]32C(c3ccc(C)o3)=Cc3c(-c4ccc(C)cc4)cccc32)cc1. The molecule has 5 spiro atoms. The molecule has 466 valence electrons. The van der Waals surface area contributed by atoms with Crippen LogP contribution < -0.4 is 0 Å². The third kappa shape index (κ3) is 6.51. The molecular weight excluding hydrogens is 1400 g/mol. The molecule has 2 fully saturated rings. The van der Waals surface area contributed by atoms with E-state index in [0.29, 0.717) is 0 Å². The quantitative estimate of drug-likeness (QED) is 0.142. The molecule has 4 atom stereocenters. The molecule has 2 saturated heterocycles. The van der Waals surface area contributed by atoms with E-state index >= 15 is 0 Å². The molecule has 0 amide bonds. The predicted octanol–water partition coefficient (Wildman–Crippen LogP) is 22.7. The Balaban J connectivity index is 1.16. The third-order valence-corrected chi connectivity index (χ3v) is 139. The number of hydrogen-bond donors (Lipinski definition) is 0. The van der Waals surface area contributed by atoms with Crippen LogP contribution in [0.2, 0.25) is 13.1 Å². The maximum atomic E-state index is 11.9. The van der Waals surface area contributed by atoms with Crippen molar-refractivity contribution in [3.05, 3.63) is 331 Å². The van der Waals surface area contributed by atoms with Gasteiger partial charge < -0.3 is 0 Å². The monoisotopic (exact) mass is 1470 g/mol. The molecule has 95 heavy (non-hydrogen) atoms. The van der Waals surface area contributed by atoms with E-state index in [-0.39, 0.29) is 0 Å². The number of halogens is 2. The molecule has 0 radical (unpaired) electrons. The normalized spacial score (nSPS) is 24.6. The summed E-state index contributed by atoms with van der Waals surface area (Å²) in [5.41, 5.74) is 27.2. The Morgan fingerprint density at radius 1 is 0.274 bits per heavy atom. The van der Waals surface area contributed by atoms with Gasteiger partial charge in [-0.2, -0.15) is 0 Å². The molecule has 4 nitrogen and oxygen atoms in total. The molecule has 0 N–H and O–H groups in total. The van der Waals surface area contributed by atoms with Crippen LogP contribution in [0.15, 0.2) is 236 Å². The van der Waals surface area contributed by atoms with E-state index in [4.69, 9.17) is 17.7 Å². The van der Waals surface area contributed by atoms with Crippen LogP contribution >= 0.6 is 17.2 Å². The molecule has 0 saturated carbocycles. The number of aryl methyl sites for hydroxylation is 8. The molecule has 4 aromatic heterocycles. The van der Waals surface area contributed by atoms with Crippen LogP contribution in [0.3, 0.4) is 0 Å². The van der Waals surface area contributed by atoms with Gasteiger partial charge in [0.1, 0.15) is 0 Å². The molecule has 18 rings (SSSR count). The Morgan fingerprint density at radius 3 is 0.674 bits per heavy atom. The molecule has 12 aromatic rings. The predicted molar refractivity (Wildman–Crippen MR) is 396 cm³/mol. The number of rotatable bonds is 8. The Bertz CT molecular complexity index is 4800. The van der Waals surface area contributed by atoms with Gasteiger partial charge in [0, 0.05) is 0 Å². The first-order valence-corrected chi connectivity index (χ1v) is 54.2. The van der Waals surface area contributed by atoms with Gasteiger partial charge >= 0.3 is 569 Å². The van der Waals surface area contributed by atoms with Gasteiger partial charge in [0.25, 0.3) is 0 Å². The first kappa shape index (κ1) is 59.2. The summed E-state index contributed by atoms with van der Waals surface area (Å²) in [6.45, 7) is 22.3. The zero-order valence-corrected chi connectivity index (χ0v) is 62.6. The van der Waals surface area contributed by atoms with Crippen molar-refractivity contribution in [2.75, 3.05) is 0 Å². The van der Waals surface area contributed by atoms with Crippen LogP contribution in [0, 0.1) is 55.4 Å². The van der Waals surface area contributed by atoms with Crippen LogP contribution in [0.4, 0.5) is 0 Å². The van der Waals surface area contributed by atoms with Crippen LogP contribution in [0.5, 0.6) is 0 Å². The molecule has 8 aromatic carbocycles. The fourth-order valence-corrected chi connectivity index (χ4v) is 188. The second-order valence-electron chi connectivity index (χ2n) is 28.7. The summed E-state index contributed by atoms with van der Waals surface area (Å²) >= 11 is -8.71. The summed E-state index contributed by atoms with van der Waals surface area (Å²) in [6, 6.07) is 82.0. The first-order valence-electron chi connectivity index (χ1n) is 33.5. The number of furan rings is 4. The summed E-state index contributed by atoms with van der Waals surface area (Å²) in [4.78, 5) is 0. The standard InChI is InChI=1S/2C43H36O2Si.2ClH.Hf/c2*1-26-12-18-30(19-13-26)32-8-6-10-34-36(32)24-38(40-22-16-28(3)44-40)42(34)46(5)43-35-11-7-9-33(31-20-14-27(2)15-21-31)37(35)25-39(43)41-23-17-29(4)45-41;;;/h2*6-25,46H,1-5H3;2*1H;/q;;;;+2/p-2. The Kier molecular flexibility index (Phi) is 12.3. The van der Waals surface area contributed by atoms with Crippen molar-refractivity contribution >= 4 is 81.3 Å². The topological polar surface area (TPSA) is 52.6 Å². The summed E-state index contributed by atoms with van der Waals surface area (Å²) in [7, 11) is 17.8. The second-order valence-corrected chi connectivity index (χ2v) is 83.0. The van der Waals surface area contributed by atoms with Crippen molar-refractivity contribution < 1.29 is 32.3 Å². The van der Waals surface area contributed by atoms with E-state index in [9.17, 15) is 17.2 Å². The molecule has 2 aliphatic heterocycles. The van der Waals surface area contributed by atoms with Crippen molar-refractivity contribution in [2.24, 2.45) is 0 Å². The van der Waals surface area contributed by atoms with E-state index in [1.165, 1.54) is 44.5 Å². The van der Waals surface area contributed by atoms with E-state index in [2.05, 4.69) is 311 Å². The van der Waals surface area contributed by atoms with Gasteiger partial charge in [-0.05, 0) is 0 Å². The second kappa shape index (κ2) is 19.7. The van der Waals surface area contributed by atoms with Crippen LogP contribution in [-0.2, 0) is 25.8 Å². The van der Waals surface area contributed by atoms with Crippen LogP contribution in [0.25, 0.3) is 91.1 Å². The summed E-state index contributed by atoms with van der Waals surface area (Å²) in [6.07, 6.45) is 10.1. The summed E-state index contributed by atoms with van der Waals surface area (Å²) < 4.78 is 25.3. The van der Waals surface area contributed by atoms with Gasteiger partial charge in [0.15, 0.2) is 0 Å². The average Bonchev–Trinajstić information content (AvgIpc) is 1.52. The Hall–Kier alpha value is -8.28. The zero-order chi connectivity index (χ0) is 65.2. The van der Waals surface area contributed by atoms with Crippen molar-refractivity contribution in [1.29, 1.82) is 0 Å². The van der Waals surface area contributed by atoms with Crippen molar-refractivity contribution in [2.45, 2.75) is 79.7 Å². The third-order valence-electron chi connectivity index (χ3n) is 24.6. The van der Waals surface area contributed by atoms with Crippen LogP contribution in [-0.4, -0.2) is 17.6 Å². The van der Waals surface area contributed by atoms with Gasteiger partial charge in [0.2, 0.25) is 0 Å². The van der Waals surface area contributed by atoms with E-state index in [1.807, 2.05) is 0 Å². The fourth-order valence-electron chi connectivity index (χ4n) is 21.8. The molecule has 4 aliphatic carbocycles. The Morgan fingerprint density at radius 2 is 0.484 bits per heavy atom. The summed E-state index contributed by atoms with van der Waals surface area (Å²) in [5, 5.41) is 0. The van der Waals surface area contributed by atoms with Crippen molar-refractivity contribution in [1.82, 2.24) is 0 Å². The van der Waals surface area contributed by atoms with Gasteiger partial charge in [0.05, 0.1) is 0 Å². The van der Waals surface area contributed by atoms with Gasteiger partial charge in [-0.15, -0.1) is 0 Å². The van der Waals surface area contributed by atoms with E-state index < -0.39 is 43.4 Å². The number of allylic oxidation sites excluding steroid dienone is 4. The van der Waals surface area contributed by atoms with E-state index in [1.54, 1.807) is 0 Å². The van der Waals surface area contributed by atoms with Crippen molar-refractivity contribution in [3.63, 3.8) is 0 Å². The molecule has 6 heterocycles. The maximum absolute atomic E-state index is 11.9. The first-order chi connectivity index (χ1) is 45.8. The zero-order valence-electron chi connectivity index (χ0n) is 55.1. The summed E-state index contributed by atoms with van der Waals surface area (Å²) in [5.74, 6) is 6.40. The number of hydrogen-bond acceptors (Lipinski definition) is 4. The van der Waals surface area contributed by atoms with Crippen molar-refractivity contribution in [3.8, 4) is 44.5 Å². The Labute approximate surface area is 564 Å². The number of benzene rings is 8. The molecule has 0 bridgehead atoms. The molecule has 9 heteroatoms. The average molecular weight is 1480 g/mol. The molecule has 6 aliphatic rings. The molecule has 4 unspecified atom stereocenters. The van der Waals surface area contributed by atoms with Gasteiger partial charge in [-0.3, -0.25) is 0 Å². The minimum absolute atomic E-state index is 0.786.